The van der Waals surface area contributed by atoms with E-state index in [1.54, 1.807) is 0 Å². The van der Waals surface area contributed by atoms with Gasteiger partial charge in [-0.15, -0.1) is 0 Å². The van der Waals surface area contributed by atoms with Crippen molar-refractivity contribution in [3.8, 4) is 0 Å². The van der Waals surface area contributed by atoms with Gasteiger partial charge in [0.05, 0.1) is 7.11 Å². The molecule has 0 fully saturated rings. The van der Waals surface area contributed by atoms with Crippen LogP contribution in [0, 0.1) is 13.8 Å². The second-order valence-corrected chi connectivity index (χ2v) is 4.62. The molecule has 6 nitrogen and oxygen atoms in total. The molecule has 18 heavy (non-hydrogen) atoms. The van der Waals surface area contributed by atoms with Gasteiger partial charge in [0.15, 0.2) is 0 Å². The number of carbonyl (C=O) groups is 1. The lowest BCUT2D eigenvalue weighted by molar-refractivity contribution is -0.143. The van der Waals surface area contributed by atoms with Crippen molar-refractivity contribution in [2.45, 2.75) is 52.7 Å². The topological polar surface area (TPSA) is 69.0 Å². The standard InChI is InChI=1S/C12H22N4O2/c1-8(2)13-11(12(17)18-5)6-7-16-10(4)14-9(3)15-16/h8,11,13H,6-7H2,1-5H3. The SMILES string of the molecule is COC(=O)C(CCn1nc(C)nc1C)NC(C)C. The second kappa shape index (κ2) is 6.49. The summed E-state index contributed by atoms with van der Waals surface area (Å²) in [5.41, 5.74) is 0. The number of rotatable bonds is 6. The number of aryl methyl sites for hydroxylation is 3. The Bertz CT molecular complexity index is 401. The fourth-order valence-electron chi connectivity index (χ4n) is 1.84. The molecule has 0 amide bonds. The maximum Gasteiger partial charge on any atom is 0.322 e. The zero-order valence-electron chi connectivity index (χ0n) is 11.7. The fraction of sp³-hybridized carbons (Fsp3) is 0.750. The van der Waals surface area contributed by atoms with Gasteiger partial charge in [0, 0.05) is 12.6 Å². The smallest absolute Gasteiger partial charge is 0.322 e. The molecule has 6 heteroatoms. The van der Waals surface area contributed by atoms with E-state index in [-0.39, 0.29) is 18.1 Å². The maximum atomic E-state index is 11.6. The summed E-state index contributed by atoms with van der Waals surface area (Å²) in [7, 11) is 1.40. The van der Waals surface area contributed by atoms with Gasteiger partial charge in [-0.3, -0.25) is 9.48 Å². The number of methoxy groups -OCH3 is 1. The van der Waals surface area contributed by atoms with Crippen molar-refractivity contribution in [3.63, 3.8) is 0 Å². The van der Waals surface area contributed by atoms with E-state index in [9.17, 15) is 4.79 Å². The minimum atomic E-state index is -0.307. The number of hydrogen-bond acceptors (Lipinski definition) is 5. The molecule has 1 unspecified atom stereocenters. The van der Waals surface area contributed by atoms with Crippen molar-refractivity contribution in [1.29, 1.82) is 0 Å². The van der Waals surface area contributed by atoms with Crippen LogP contribution in [-0.2, 0) is 16.1 Å². The zero-order chi connectivity index (χ0) is 13.7. The van der Waals surface area contributed by atoms with Crippen LogP contribution in [-0.4, -0.2) is 39.9 Å². The highest BCUT2D eigenvalue weighted by atomic mass is 16.5. The van der Waals surface area contributed by atoms with Gasteiger partial charge in [0.1, 0.15) is 17.7 Å². The molecule has 0 radical (unpaired) electrons. The average Bonchev–Trinajstić information content (AvgIpc) is 2.61. The summed E-state index contributed by atoms with van der Waals surface area (Å²) >= 11 is 0. The lowest BCUT2D eigenvalue weighted by Crippen LogP contribution is -2.42. The van der Waals surface area contributed by atoms with Crippen molar-refractivity contribution < 1.29 is 9.53 Å². The van der Waals surface area contributed by atoms with Gasteiger partial charge in [-0.1, -0.05) is 13.8 Å². The molecule has 1 rings (SSSR count). The van der Waals surface area contributed by atoms with Crippen LogP contribution in [0.15, 0.2) is 0 Å². The van der Waals surface area contributed by atoms with Crippen molar-refractivity contribution in [2.24, 2.45) is 0 Å². The first-order valence-corrected chi connectivity index (χ1v) is 6.16. The monoisotopic (exact) mass is 254 g/mol. The normalized spacial score (nSPS) is 12.8. The molecule has 1 N–H and O–H groups in total. The molecule has 0 bridgehead atoms. The summed E-state index contributed by atoms with van der Waals surface area (Å²) in [5, 5.41) is 7.46. The van der Waals surface area contributed by atoms with Crippen molar-refractivity contribution in [1.82, 2.24) is 20.1 Å². The number of carbonyl (C=O) groups excluding carboxylic acids is 1. The Morgan fingerprint density at radius 3 is 2.56 bits per heavy atom. The summed E-state index contributed by atoms with van der Waals surface area (Å²) in [4.78, 5) is 15.9. The van der Waals surface area contributed by atoms with Gasteiger partial charge in [-0.2, -0.15) is 5.10 Å². The Morgan fingerprint density at radius 1 is 1.44 bits per heavy atom. The molecule has 0 aliphatic carbocycles. The van der Waals surface area contributed by atoms with Crippen LogP contribution in [0.1, 0.15) is 31.9 Å². The number of aromatic nitrogens is 3. The number of nitrogens with one attached hydrogen (secondary N) is 1. The van der Waals surface area contributed by atoms with Crippen LogP contribution in [0.5, 0.6) is 0 Å². The van der Waals surface area contributed by atoms with Crippen LogP contribution < -0.4 is 5.32 Å². The van der Waals surface area contributed by atoms with Crippen molar-refractivity contribution >= 4 is 5.97 Å². The second-order valence-electron chi connectivity index (χ2n) is 4.62. The third kappa shape index (κ3) is 4.10. The molecule has 1 atom stereocenters. The minimum Gasteiger partial charge on any atom is -0.468 e. The highest BCUT2D eigenvalue weighted by molar-refractivity contribution is 5.75. The summed E-state index contributed by atoms with van der Waals surface area (Å²) < 4.78 is 6.60. The van der Waals surface area contributed by atoms with Gasteiger partial charge in [0.25, 0.3) is 0 Å². The molecule has 0 aromatic carbocycles. The molecule has 1 aromatic rings. The highest BCUT2D eigenvalue weighted by Crippen LogP contribution is 2.03. The third-order valence-corrected chi connectivity index (χ3v) is 2.61. The minimum absolute atomic E-state index is 0.229. The van der Waals surface area contributed by atoms with Crippen molar-refractivity contribution in [3.05, 3.63) is 11.6 Å². The predicted molar refractivity (Wildman–Crippen MR) is 68.2 cm³/mol. The van der Waals surface area contributed by atoms with E-state index in [0.29, 0.717) is 13.0 Å². The van der Waals surface area contributed by atoms with Crippen molar-refractivity contribution in [2.75, 3.05) is 7.11 Å². The Morgan fingerprint density at radius 2 is 2.11 bits per heavy atom. The van der Waals surface area contributed by atoms with Crippen LogP contribution in [0.3, 0.4) is 0 Å². The van der Waals surface area contributed by atoms with Crippen LogP contribution in [0.25, 0.3) is 0 Å². The first kappa shape index (κ1) is 14.6. The first-order valence-electron chi connectivity index (χ1n) is 6.16. The van der Waals surface area contributed by atoms with Crippen LogP contribution in [0.4, 0.5) is 0 Å². The molecule has 0 spiro atoms. The summed E-state index contributed by atoms with van der Waals surface area (Å²) in [5.74, 6) is 1.37. The van der Waals surface area contributed by atoms with E-state index >= 15 is 0 Å². The molecular weight excluding hydrogens is 232 g/mol. The molecule has 1 heterocycles. The molecule has 0 saturated carbocycles. The number of hydrogen-bond donors (Lipinski definition) is 1. The van der Waals surface area contributed by atoms with Gasteiger partial charge < -0.3 is 10.1 Å². The Labute approximate surface area is 108 Å². The van der Waals surface area contributed by atoms with E-state index in [0.717, 1.165) is 11.6 Å². The van der Waals surface area contributed by atoms with Gasteiger partial charge in [-0.25, -0.2) is 4.98 Å². The van der Waals surface area contributed by atoms with Gasteiger partial charge >= 0.3 is 5.97 Å². The average molecular weight is 254 g/mol. The maximum absolute atomic E-state index is 11.6. The van der Waals surface area contributed by atoms with E-state index in [1.807, 2.05) is 32.4 Å². The molecule has 0 aliphatic heterocycles. The lowest BCUT2D eigenvalue weighted by atomic mass is 10.2. The summed E-state index contributed by atoms with van der Waals surface area (Å²) in [6, 6.07) is -0.0772. The molecule has 0 saturated heterocycles. The molecule has 0 aliphatic rings. The van der Waals surface area contributed by atoms with Crippen LogP contribution >= 0.6 is 0 Å². The fourth-order valence-corrected chi connectivity index (χ4v) is 1.84. The zero-order valence-corrected chi connectivity index (χ0v) is 11.7. The summed E-state index contributed by atoms with van der Waals surface area (Å²) in [6.07, 6.45) is 0.633. The van der Waals surface area contributed by atoms with E-state index < -0.39 is 0 Å². The largest absolute Gasteiger partial charge is 0.468 e. The number of esters is 1. The highest BCUT2D eigenvalue weighted by Gasteiger charge is 2.20. The van der Waals surface area contributed by atoms with Gasteiger partial charge in [-0.05, 0) is 20.3 Å². The molecule has 1 aromatic heterocycles. The Hall–Kier alpha value is -1.43. The number of ether oxygens (including phenoxy) is 1. The van der Waals surface area contributed by atoms with E-state index in [4.69, 9.17) is 4.74 Å². The summed E-state index contributed by atoms with van der Waals surface area (Å²) in [6.45, 7) is 8.41. The Balaban J connectivity index is 2.61. The Kier molecular flexibility index (Phi) is 5.27. The molecule has 102 valence electrons. The lowest BCUT2D eigenvalue weighted by Gasteiger charge is -2.19. The number of nitrogens with zero attached hydrogens (tertiary/aromatic N) is 3. The molecular formula is C12H22N4O2. The predicted octanol–water partition coefficient (Wildman–Crippen LogP) is 0.825. The third-order valence-electron chi connectivity index (χ3n) is 2.61. The first-order chi connectivity index (χ1) is 8.43. The quantitative estimate of drug-likeness (QED) is 0.761. The van der Waals surface area contributed by atoms with Crippen LogP contribution in [0.2, 0.25) is 0 Å². The van der Waals surface area contributed by atoms with Gasteiger partial charge in [0.2, 0.25) is 0 Å². The van der Waals surface area contributed by atoms with E-state index in [2.05, 4.69) is 15.4 Å². The van der Waals surface area contributed by atoms with E-state index in [1.165, 1.54) is 7.11 Å².